The topological polar surface area (TPSA) is 76.7 Å². The number of hydrazine groups is 1. The van der Waals surface area contributed by atoms with Gasteiger partial charge in [-0.25, -0.2) is 5.43 Å². The second-order valence-corrected chi connectivity index (χ2v) is 6.38. The predicted octanol–water partition coefficient (Wildman–Crippen LogP) is 0.444. The number of rotatable bonds is 7. The number of anilines is 1. The molecule has 7 heteroatoms. The minimum atomic E-state index is -0.515. The molecule has 2 rings (SSSR count). The average Bonchev–Trinajstić information content (AvgIpc) is 2.63. The highest BCUT2D eigenvalue weighted by atomic mass is 16.2. The van der Waals surface area contributed by atoms with E-state index in [1.165, 1.54) is 0 Å². The maximum atomic E-state index is 12.9. The van der Waals surface area contributed by atoms with Gasteiger partial charge in [0.1, 0.15) is 6.04 Å². The summed E-state index contributed by atoms with van der Waals surface area (Å²) < 4.78 is 0. The standard InChI is InChI=1S/C18H29N5O2/c1-4-17(24)20-16(18(25)23-11-9-22(3)10-12-23)13-14-5-7-15(8-6-14)21-19-2/h5-8,16,19,21H,4,9-13H2,1-3H3,(H,20,24)/t16-/m1/s1. The van der Waals surface area contributed by atoms with Crippen LogP contribution in [0.3, 0.4) is 0 Å². The van der Waals surface area contributed by atoms with Gasteiger partial charge in [-0.15, -0.1) is 0 Å². The van der Waals surface area contributed by atoms with E-state index in [-0.39, 0.29) is 11.8 Å². The minimum absolute atomic E-state index is 0.00678. The van der Waals surface area contributed by atoms with E-state index < -0.39 is 6.04 Å². The summed E-state index contributed by atoms with van der Waals surface area (Å²) in [7, 11) is 3.86. The number of nitrogens with one attached hydrogen (secondary N) is 3. The molecule has 1 saturated heterocycles. The molecule has 0 spiro atoms. The van der Waals surface area contributed by atoms with Crippen LogP contribution < -0.4 is 16.2 Å². The van der Waals surface area contributed by atoms with Crippen LogP contribution in [0.25, 0.3) is 0 Å². The number of amides is 2. The number of nitrogens with zero attached hydrogens (tertiary/aromatic N) is 2. The summed E-state index contributed by atoms with van der Waals surface area (Å²) in [6.45, 7) is 4.94. The quantitative estimate of drug-likeness (QED) is 0.624. The Morgan fingerprint density at radius 1 is 1.12 bits per heavy atom. The number of piperazine rings is 1. The van der Waals surface area contributed by atoms with Gasteiger partial charge in [0.05, 0.1) is 0 Å². The van der Waals surface area contributed by atoms with Crippen molar-refractivity contribution >= 4 is 17.5 Å². The van der Waals surface area contributed by atoms with E-state index in [1.807, 2.05) is 29.2 Å². The number of benzene rings is 1. The molecule has 1 aromatic carbocycles. The highest BCUT2D eigenvalue weighted by Gasteiger charge is 2.27. The third kappa shape index (κ3) is 5.72. The molecule has 1 aromatic rings. The molecule has 0 bridgehead atoms. The molecule has 138 valence electrons. The van der Waals surface area contributed by atoms with E-state index in [4.69, 9.17) is 0 Å². The van der Waals surface area contributed by atoms with Gasteiger partial charge in [0.15, 0.2) is 0 Å². The number of hydrogen-bond donors (Lipinski definition) is 3. The summed E-state index contributed by atoms with van der Waals surface area (Å²) in [6, 6.07) is 7.33. The van der Waals surface area contributed by atoms with Crippen LogP contribution in [0, 0.1) is 0 Å². The Balaban J connectivity index is 2.06. The second kappa shape index (κ2) is 9.39. The average molecular weight is 347 g/mol. The van der Waals surface area contributed by atoms with Gasteiger partial charge in [0.2, 0.25) is 11.8 Å². The summed E-state index contributed by atoms with van der Waals surface area (Å²) in [5.74, 6) is -0.0896. The van der Waals surface area contributed by atoms with E-state index >= 15 is 0 Å². The Kier molecular flexibility index (Phi) is 7.21. The Hall–Kier alpha value is -2.12. The zero-order chi connectivity index (χ0) is 18.2. The minimum Gasteiger partial charge on any atom is -0.344 e. The van der Waals surface area contributed by atoms with E-state index in [0.29, 0.717) is 25.9 Å². The smallest absolute Gasteiger partial charge is 0.245 e. The van der Waals surface area contributed by atoms with E-state index in [2.05, 4.69) is 28.1 Å². The molecule has 7 nitrogen and oxygen atoms in total. The van der Waals surface area contributed by atoms with Crippen LogP contribution in [0.15, 0.2) is 24.3 Å². The molecule has 0 unspecified atom stereocenters. The predicted molar refractivity (Wildman–Crippen MR) is 99.1 cm³/mol. The summed E-state index contributed by atoms with van der Waals surface area (Å²) >= 11 is 0. The molecule has 0 aromatic heterocycles. The highest BCUT2D eigenvalue weighted by molar-refractivity contribution is 5.88. The first-order chi connectivity index (χ1) is 12.0. The van der Waals surface area contributed by atoms with Crippen molar-refractivity contribution in [2.45, 2.75) is 25.8 Å². The Morgan fingerprint density at radius 3 is 2.32 bits per heavy atom. The van der Waals surface area contributed by atoms with Crippen molar-refractivity contribution < 1.29 is 9.59 Å². The molecule has 1 aliphatic heterocycles. The van der Waals surface area contributed by atoms with Crippen LogP contribution >= 0.6 is 0 Å². The molecular weight excluding hydrogens is 318 g/mol. The summed E-state index contributed by atoms with van der Waals surface area (Å²) in [6.07, 6.45) is 0.869. The molecule has 25 heavy (non-hydrogen) atoms. The molecule has 1 heterocycles. The van der Waals surface area contributed by atoms with Gasteiger partial charge in [0.25, 0.3) is 0 Å². The van der Waals surface area contributed by atoms with Crippen LogP contribution in [0.5, 0.6) is 0 Å². The van der Waals surface area contributed by atoms with Crippen molar-refractivity contribution in [3.05, 3.63) is 29.8 Å². The Labute approximate surface area is 149 Å². The number of likely N-dealkylation sites (N-methyl/N-ethyl adjacent to an activating group) is 1. The molecule has 1 fully saturated rings. The monoisotopic (exact) mass is 347 g/mol. The van der Waals surface area contributed by atoms with Gasteiger partial charge >= 0.3 is 0 Å². The lowest BCUT2D eigenvalue weighted by molar-refractivity contribution is -0.137. The summed E-state index contributed by atoms with van der Waals surface area (Å²) in [5.41, 5.74) is 7.85. The van der Waals surface area contributed by atoms with Crippen molar-refractivity contribution in [1.29, 1.82) is 0 Å². The fraction of sp³-hybridized carbons (Fsp3) is 0.556. The van der Waals surface area contributed by atoms with Gasteiger partial charge in [-0.2, -0.15) is 0 Å². The first-order valence-corrected chi connectivity index (χ1v) is 8.82. The number of hydrogen-bond acceptors (Lipinski definition) is 5. The third-order valence-electron chi connectivity index (χ3n) is 4.43. The first kappa shape index (κ1) is 19.2. The normalized spacial score (nSPS) is 16.4. The van der Waals surface area contributed by atoms with Crippen LogP contribution in [-0.2, 0) is 16.0 Å². The SMILES string of the molecule is CCC(=O)N[C@H](Cc1ccc(NNC)cc1)C(=O)N1CCN(C)CC1. The zero-order valence-electron chi connectivity index (χ0n) is 15.3. The van der Waals surface area contributed by atoms with Gasteiger partial charge in [-0.3, -0.25) is 9.59 Å². The van der Waals surface area contributed by atoms with E-state index in [0.717, 1.165) is 24.3 Å². The molecule has 0 aliphatic carbocycles. The third-order valence-corrected chi connectivity index (χ3v) is 4.43. The lowest BCUT2D eigenvalue weighted by Gasteiger charge is -2.34. The number of carbonyl (C=O) groups excluding carboxylic acids is 2. The van der Waals surface area contributed by atoms with Crippen molar-refractivity contribution in [2.75, 3.05) is 45.7 Å². The lowest BCUT2D eigenvalue weighted by Crippen LogP contribution is -2.54. The highest BCUT2D eigenvalue weighted by Crippen LogP contribution is 2.12. The molecule has 1 aliphatic rings. The van der Waals surface area contributed by atoms with Crippen molar-refractivity contribution in [3.63, 3.8) is 0 Å². The van der Waals surface area contributed by atoms with Gasteiger partial charge < -0.3 is 20.5 Å². The molecule has 1 atom stereocenters. The van der Waals surface area contributed by atoms with Crippen molar-refractivity contribution in [3.8, 4) is 0 Å². The van der Waals surface area contributed by atoms with E-state index in [9.17, 15) is 9.59 Å². The summed E-state index contributed by atoms with van der Waals surface area (Å²) in [4.78, 5) is 28.8. The largest absolute Gasteiger partial charge is 0.344 e. The number of carbonyl (C=O) groups is 2. The van der Waals surface area contributed by atoms with Crippen LogP contribution in [0.1, 0.15) is 18.9 Å². The fourth-order valence-corrected chi connectivity index (χ4v) is 2.85. The molecule has 3 N–H and O–H groups in total. The van der Waals surface area contributed by atoms with Gasteiger partial charge in [-0.1, -0.05) is 19.1 Å². The summed E-state index contributed by atoms with van der Waals surface area (Å²) in [5, 5.41) is 2.89. The lowest BCUT2D eigenvalue weighted by atomic mass is 10.0. The van der Waals surface area contributed by atoms with Gasteiger partial charge in [-0.05, 0) is 24.7 Å². The van der Waals surface area contributed by atoms with E-state index in [1.54, 1.807) is 14.0 Å². The van der Waals surface area contributed by atoms with Gasteiger partial charge in [0, 0.05) is 51.8 Å². The first-order valence-electron chi connectivity index (χ1n) is 8.82. The van der Waals surface area contributed by atoms with Crippen LogP contribution in [0.4, 0.5) is 5.69 Å². The molecule has 0 radical (unpaired) electrons. The molecule has 2 amide bonds. The zero-order valence-corrected chi connectivity index (χ0v) is 15.3. The molecular formula is C18H29N5O2. The Morgan fingerprint density at radius 2 is 1.76 bits per heavy atom. The Bertz CT molecular complexity index is 567. The van der Waals surface area contributed by atoms with Crippen LogP contribution in [0.2, 0.25) is 0 Å². The second-order valence-electron chi connectivity index (χ2n) is 6.38. The maximum Gasteiger partial charge on any atom is 0.245 e. The van der Waals surface area contributed by atoms with Crippen LogP contribution in [-0.4, -0.2) is 67.9 Å². The maximum absolute atomic E-state index is 12.9. The van der Waals surface area contributed by atoms with Crippen molar-refractivity contribution in [1.82, 2.24) is 20.5 Å². The molecule has 0 saturated carbocycles. The fourth-order valence-electron chi connectivity index (χ4n) is 2.85. The van der Waals surface area contributed by atoms with Crippen molar-refractivity contribution in [2.24, 2.45) is 0 Å².